The highest BCUT2D eigenvalue weighted by molar-refractivity contribution is 7.92. The van der Waals surface area contributed by atoms with Gasteiger partial charge in [-0.3, -0.25) is 13.9 Å². The van der Waals surface area contributed by atoms with Gasteiger partial charge in [-0.2, -0.15) is 0 Å². The van der Waals surface area contributed by atoms with E-state index in [0.29, 0.717) is 34.3 Å². The molecule has 0 bridgehead atoms. The van der Waals surface area contributed by atoms with E-state index < -0.39 is 28.5 Å². The minimum Gasteiger partial charge on any atom is -0.354 e. The van der Waals surface area contributed by atoms with Gasteiger partial charge in [-0.1, -0.05) is 116 Å². The van der Waals surface area contributed by atoms with Crippen molar-refractivity contribution in [3.8, 4) is 0 Å². The van der Waals surface area contributed by atoms with E-state index in [9.17, 15) is 18.0 Å². The molecule has 10 heteroatoms. The Morgan fingerprint density at radius 1 is 0.830 bits per heavy atom. The van der Waals surface area contributed by atoms with Crippen LogP contribution >= 0.6 is 23.2 Å². The quantitative estimate of drug-likeness (QED) is 0.148. The molecular weight excluding hydrogens is 653 g/mol. The van der Waals surface area contributed by atoms with E-state index in [1.807, 2.05) is 70.2 Å². The first-order valence-electron chi connectivity index (χ1n) is 15.6. The van der Waals surface area contributed by atoms with Gasteiger partial charge in [-0.15, -0.1) is 0 Å². The van der Waals surface area contributed by atoms with E-state index in [0.717, 1.165) is 21.0 Å². The van der Waals surface area contributed by atoms with Gasteiger partial charge in [0.25, 0.3) is 10.0 Å². The van der Waals surface area contributed by atoms with Crippen LogP contribution in [-0.4, -0.2) is 44.3 Å². The summed E-state index contributed by atoms with van der Waals surface area (Å²) in [6.45, 7) is 7.67. The number of nitrogens with one attached hydrogen (secondary N) is 1. The van der Waals surface area contributed by atoms with Gasteiger partial charge in [-0.05, 0) is 66.3 Å². The van der Waals surface area contributed by atoms with Crippen molar-refractivity contribution in [3.05, 3.63) is 129 Å². The number of aryl methyl sites for hydroxylation is 2. The lowest BCUT2D eigenvalue weighted by molar-refractivity contribution is -0.140. The van der Waals surface area contributed by atoms with Gasteiger partial charge in [0, 0.05) is 19.5 Å². The molecule has 4 aromatic carbocycles. The zero-order valence-corrected chi connectivity index (χ0v) is 29.4. The summed E-state index contributed by atoms with van der Waals surface area (Å²) in [5.74, 6) is -0.701. The Hall–Kier alpha value is -3.85. The minimum atomic E-state index is -4.20. The maximum absolute atomic E-state index is 14.7. The number of hydrogen-bond acceptors (Lipinski definition) is 4. The van der Waals surface area contributed by atoms with Gasteiger partial charge in [0.15, 0.2) is 0 Å². The average molecular weight is 695 g/mol. The summed E-state index contributed by atoms with van der Waals surface area (Å²) >= 11 is 12.6. The fourth-order valence-electron chi connectivity index (χ4n) is 5.22. The number of anilines is 1. The third-order valence-electron chi connectivity index (χ3n) is 7.82. The number of sulfonamides is 1. The molecule has 248 valence electrons. The fraction of sp³-hybridized carbons (Fsp3) is 0.297. The second kappa shape index (κ2) is 16.3. The first-order valence-corrected chi connectivity index (χ1v) is 17.8. The molecule has 0 aromatic heterocycles. The molecule has 4 aromatic rings. The molecule has 0 aliphatic heterocycles. The van der Waals surface area contributed by atoms with Crippen LogP contribution in [0.2, 0.25) is 10.0 Å². The number of rotatable bonds is 14. The molecule has 1 atom stereocenters. The van der Waals surface area contributed by atoms with Gasteiger partial charge in [0.2, 0.25) is 11.8 Å². The second-order valence-corrected chi connectivity index (χ2v) is 14.6. The maximum Gasteiger partial charge on any atom is 0.264 e. The molecule has 0 saturated carbocycles. The third kappa shape index (κ3) is 9.37. The van der Waals surface area contributed by atoms with Crippen LogP contribution in [0.5, 0.6) is 0 Å². The topological polar surface area (TPSA) is 86.8 Å². The molecule has 0 aliphatic rings. The highest BCUT2D eigenvalue weighted by atomic mass is 35.5. The molecule has 47 heavy (non-hydrogen) atoms. The molecule has 0 heterocycles. The number of para-hydroxylation sites is 1. The fourth-order valence-corrected chi connectivity index (χ4v) is 6.99. The van der Waals surface area contributed by atoms with Crippen molar-refractivity contribution in [1.82, 2.24) is 10.2 Å². The monoisotopic (exact) mass is 693 g/mol. The van der Waals surface area contributed by atoms with Gasteiger partial charge in [0.05, 0.1) is 20.6 Å². The van der Waals surface area contributed by atoms with Crippen molar-refractivity contribution in [1.29, 1.82) is 0 Å². The maximum atomic E-state index is 14.7. The molecule has 0 spiro atoms. The number of hydrogen-bond donors (Lipinski definition) is 1. The van der Waals surface area contributed by atoms with Crippen molar-refractivity contribution in [2.75, 3.05) is 17.4 Å². The molecular formula is C37H41Cl2N3O4S. The van der Waals surface area contributed by atoms with E-state index in [2.05, 4.69) is 5.32 Å². The molecule has 2 amide bonds. The van der Waals surface area contributed by atoms with E-state index >= 15 is 0 Å². The van der Waals surface area contributed by atoms with Crippen molar-refractivity contribution in [2.45, 2.75) is 58.0 Å². The molecule has 4 rings (SSSR count). The summed E-state index contributed by atoms with van der Waals surface area (Å²) < 4.78 is 29.8. The number of benzene rings is 4. The summed E-state index contributed by atoms with van der Waals surface area (Å²) in [6, 6.07) is 27.2. The lowest BCUT2D eigenvalue weighted by atomic mass is 10.0. The van der Waals surface area contributed by atoms with Crippen molar-refractivity contribution < 1.29 is 18.0 Å². The van der Waals surface area contributed by atoms with Gasteiger partial charge < -0.3 is 10.2 Å². The molecule has 0 fully saturated rings. The van der Waals surface area contributed by atoms with Gasteiger partial charge >= 0.3 is 0 Å². The number of carbonyl (C=O) groups excluding carboxylic acids is 2. The summed E-state index contributed by atoms with van der Waals surface area (Å²) in [5, 5.41) is 3.66. The Morgan fingerprint density at radius 2 is 1.49 bits per heavy atom. The van der Waals surface area contributed by atoms with E-state index in [-0.39, 0.29) is 29.7 Å². The molecule has 0 radical (unpaired) electrons. The van der Waals surface area contributed by atoms with Crippen LogP contribution in [-0.2, 0) is 39.0 Å². The summed E-state index contributed by atoms with van der Waals surface area (Å²) in [7, 11) is -4.20. The predicted octanol–water partition coefficient (Wildman–Crippen LogP) is 7.47. The highest BCUT2D eigenvalue weighted by Gasteiger charge is 2.35. The first-order chi connectivity index (χ1) is 22.4. The van der Waals surface area contributed by atoms with E-state index in [4.69, 9.17) is 23.2 Å². The Morgan fingerprint density at radius 3 is 2.13 bits per heavy atom. The normalized spacial score (nSPS) is 12.1. The molecule has 0 aliphatic carbocycles. The molecule has 0 unspecified atom stereocenters. The number of nitrogens with zero attached hydrogens (tertiary/aromatic N) is 2. The van der Waals surface area contributed by atoms with Crippen LogP contribution < -0.4 is 9.62 Å². The van der Waals surface area contributed by atoms with Crippen molar-refractivity contribution in [2.24, 2.45) is 5.92 Å². The van der Waals surface area contributed by atoms with Crippen molar-refractivity contribution in [3.63, 3.8) is 0 Å². The zero-order chi connectivity index (χ0) is 34.1. The largest absolute Gasteiger partial charge is 0.354 e. The van der Waals surface area contributed by atoms with Crippen LogP contribution in [0, 0.1) is 12.8 Å². The molecule has 0 saturated heterocycles. The Labute approximate surface area is 288 Å². The first kappa shape index (κ1) is 36.0. The minimum absolute atomic E-state index is 0.00380. The van der Waals surface area contributed by atoms with Gasteiger partial charge in [-0.25, -0.2) is 8.42 Å². The molecule has 1 N–H and O–H groups in total. The van der Waals surface area contributed by atoms with Crippen LogP contribution in [0.15, 0.2) is 102 Å². The predicted molar refractivity (Wildman–Crippen MR) is 190 cm³/mol. The van der Waals surface area contributed by atoms with Crippen LogP contribution in [0.3, 0.4) is 0 Å². The van der Waals surface area contributed by atoms with Crippen LogP contribution in [0.1, 0.15) is 43.0 Å². The Bertz CT molecular complexity index is 1780. The Kier molecular flexibility index (Phi) is 12.5. The summed E-state index contributed by atoms with van der Waals surface area (Å²) in [5.41, 5.74) is 3.57. The summed E-state index contributed by atoms with van der Waals surface area (Å²) in [6.07, 6.45) is 0.763. The lowest BCUT2D eigenvalue weighted by Crippen LogP contribution is -2.53. The molecule has 7 nitrogen and oxygen atoms in total. The lowest BCUT2D eigenvalue weighted by Gasteiger charge is -2.34. The zero-order valence-electron chi connectivity index (χ0n) is 27.1. The third-order valence-corrected chi connectivity index (χ3v) is 10.3. The standard InChI is InChI=1S/C37H41Cl2N3O4S/c1-5-30-13-9-10-14-34(30)42(47(45,46)31-18-15-27(4)16-19-31)25-36(43)41(24-29-17-20-32(38)33(39)21-29)35(37(44)40-23-26(2)3)22-28-11-7-6-8-12-28/h6-21,26,35H,5,22-25H2,1-4H3,(H,40,44)/t35-/m0/s1. The van der Waals surface area contributed by atoms with E-state index in [1.165, 1.54) is 4.90 Å². The highest BCUT2D eigenvalue weighted by Crippen LogP contribution is 2.29. The summed E-state index contributed by atoms with van der Waals surface area (Å²) in [4.78, 5) is 30.1. The van der Waals surface area contributed by atoms with E-state index in [1.54, 1.807) is 54.6 Å². The number of halogens is 2. The SMILES string of the molecule is CCc1ccccc1N(CC(=O)N(Cc1ccc(Cl)c(Cl)c1)[C@@H](Cc1ccccc1)C(=O)NCC(C)C)S(=O)(=O)c1ccc(C)cc1. The number of amides is 2. The van der Waals surface area contributed by atoms with Crippen LogP contribution in [0.25, 0.3) is 0 Å². The second-order valence-electron chi connectivity index (χ2n) is 11.9. The number of carbonyl (C=O) groups is 2. The van der Waals surface area contributed by atoms with Crippen molar-refractivity contribution >= 4 is 50.7 Å². The average Bonchev–Trinajstić information content (AvgIpc) is 3.06. The van der Waals surface area contributed by atoms with Gasteiger partial charge in [0.1, 0.15) is 12.6 Å². The Balaban J connectivity index is 1.84. The smallest absolute Gasteiger partial charge is 0.264 e. The van der Waals surface area contributed by atoms with Crippen LogP contribution in [0.4, 0.5) is 5.69 Å².